The molecule has 3 nitrogen and oxygen atoms in total. The number of hydrogen-bond donors (Lipinski definition) is 0. The van der Waals surface area contributed by atoms with Gasteiger partial charge in [-0.1, -0.05) is 58.4 Å². The molecule has 4 rings (SSSR count). The van der Waals surface area contributed by atoms with Gasteiger partial charge in [0.05, 0.1) is 19.2 Å². The van der Waals surface area contributed by atoms with Gasteiger partial charge in [0.1, 0.15) is 0 Å². The van der Waals surface area contributed by atoms with Gasteiger partial charge < -0.3 is 9.30 Å². The molecule has 3 aromatic carbocycles. The highest BCUT2D eigenvalue weighted by atomic mass is 127. The lowest BCUT2D eigenvalue weighted by Crippen LogP contribution is -2.23. The van der Waals surface area contributed by atoms with Crippen molar-refractivity contribution in [3.63, 3.8) is 0 Å². The summed E-state index contributed by atoms with van der Waals surface area (Å²) in [5.41, 5.74) is 3.63. The Labute approximate surface area is 185 Å². The number of nitrogens with zero attached hydrogens (tertiary/aromatic N) is 1. The third-order valence-corrected chi connectivity index (χ3v) is 5.90. The Balaban J connectivity index is 2.00. The third kappa shape index (κ3) is 3.61. The number of para-hydroxylation sites is 1. The molecule has 0 fully saturated rings. The first-order valence-electron chi connectivity index (χ1n) is 8.78. The Hall–Kier alpha value is -2.12. The largest absolute Gasteiger partial charge is 0.491 e. The number of fused-ring (bicyclic) bond motifs is 1. The van der Waals surface area contributed by atoms with E-state index >= 15 is 0 Å². The van der Waals surface area contributed by atoms with E-state index in [1.165, 1.54) is 0 Å². The summed E-state index contributed by atoms with van der Waals surface area (Å²) in [6, 6.07) is 24.1. The summed E-state index contributed by atoms with van der Waals surface area (Å²) < 4.78 is 9.55. The average molecular weight is 546 g/mol. The standard InChI is InChI=1S/C23H17BrINO2/c1-28-22-21(16-9-11-17(24)12-10-16)19-7-2-3-8-20(19)26(23(22)27)14-15-5-4-6-18(25)13-15/h2-13H,14H2,1H3. The topological polar surface area (TPSA) is 31.2 Å². The minimum Gasteiger partial charge on any atom is -0.491 e. The molecular weight excluding hydrogens is 529 g/mol. The second-order valence-electron chi connectivity index (χ2n) is 6.45. The van der Waals surface area contributed by atoms with E-state index in [-0.39, 0.29) is 5.56 Å². The van der Waals surface area contributed by atoms with E-state index in [4.69, 9.17) is 4.74 Å². The molecule has 1 heterocycles. The van der Waals surface area contributed by atoms with E-state index in [9.17, 15) is 4.79 Å². The first kappa shape index (κ1) is 19.2. The lowest BCUT2D eigenvalue weighted by atomic mass is 9.99. The highest BCUT2D eigenvalue weighted by Crippen LogP contribution is 2.35. The molecule has 4 aromatic rings. The molecule has 0 aliphatic carbocycles. The Bertz CT molecular complexity index is 1220. The molecule has 0 saturated carbocycles. The van der Waals surface area contributed by atoms with E-state index in [1.54, 1.807) is 11.7 Å². The van der Waals surface area contributed by atoms with Crippen LogP contribution in [0.4, 0.5) is 0 Å². The first-order valence-corrected chi connectivity index (χ1v) is 10.7. The number of pyridine rings is 1. The van der Waals surface area contributed by atoms with Crippen LogP contribution in [-0.4, -0.2) is 11.7 Å². The van der Waals surface area contributed by atoms with Crippen LogP contribution >= 0.6 is 38.5 Å². The molecule has 0 spiro atoms. The zero-order chi connectivity index (χ0) is 19.7. The van der Waals surface area contributed by atoms with Gasteiger partial charge in [-0.25, -0.2) is 0 Å². The Kier molecular flexibility index (Phi) is 5.55. The molecule has 0 radical (unpaired) electrons. The van der Waals surface area contributed by atoms with Gasteiger partial charge in [0.2, 0.25) is 0 Å². The molecular formula is C23H17BrINO2. The maximum absolute atomic E-state index is 13.4. The summed E-state index contributed by atoms with van der Waals surface area (Å²) in [5.74, 6) is 0.367. The monoisotopic (exact) mass is 545 g/mol. The van der Waals surface area contributed by atoms with Crippen molar-refractivity contribution in [3.05, 3.63) is 96.8 Å². The molecule has 140 valence electrons. The zero-order valence-electron chi connectivity index (χ0n) is 15.2. The lowest BCUT2D eigenvalue weighted by molar-refractivity contribution is 0.407. The van der Waals surface area contributed by atoms with Crippen molar-refractivity contribution < 1.29 is 4.74 Å². The molecule has 0 N–H and O–H groups in total. The lowest BCUT2D eigenvalue weighted by Gasteiger charge is -2.17. The predicted molar refractivity (Wildman–Crippen MR) is 126 cm³/mol. The van der Waals surface area contributed by atoms with Crippen molar-refractivity contribution in [2.75, 3.05) is 7.11 Å². The number of hydrogen-bond acceptors (Lipinski definition) is 2. The third-order valence-electron chi connectivity index (χ3n) is 4.70. The van der Waals surface area contributed by atoms with Crippen molar-refractivity contribution in [2.45, 2.75) is 6.54 Å². The maximum Gasteiger partial charge on any atom is 0.294 e. The highest BCUT2D eigenvalue weighted by molar-refractivity contribution is 14.1. The van der Waals surface area contributed by atoms with Crippen molar-refractivity contribution in [1.82, 2.24) is 4.57 Å². The summed E-state index contributed by atoms with van der Waals surface area (Å²) in [6.45, 7) is 0.493. The summed E-state index contributed by atoms with van der Waals surface area (Å²) >= 11 is 5.76. The van der Waals surface area contributed by atoms with E-state index < -0.39 is 0 Å². The fourth-order valence-corrected chi connectivity index (χ4v) is 4.32. The predicted octanol–water partition coefficient (Wildman–Crippen LogP) is 6.09. The second kappa shape index (κ2) is 8.09. The molecule has 0 amide bonds. The van der Waals surface area contributed by atoms with Crippen LogP contribution in [0.2, 0.25) is 0 Å². The van der Waals surface area contributed by atoms with Crippen LogP contribution in [0.15, 0.2) is 82.1 Å². The minimum atomic E-state index is -0.127. The molecule has 0 unspecified atom stereocenters. The first-order chi connectivity index (χ1) is 13.6. The zero-order valence-corrected chi connectivity index (χ0v) is 18.9. The number of halogens is 2. The highest BCUT2D eigenvalue weighted by Gasteiger charge is 2.19. The van der Waals surface area contributed by atoms with Gasteiger partial charge in [-0.3, -0.25) is 4.79 Å². The Morgan fingerprint density at radius 2 is 1.75 bits per heavy atom. The van der Waals surface area contributed by atoms with E-state index in [0.717, 1.165) is 35.6 Å². The van der Waals surface area contributed by atoms with Crippen LogP contribution in [0.5, 0.6) is 5.75 Å². The van der Waals surface area contributed by atoms with Crippen LogP contribution in [0.3, 0.4) is 0 Å². The van der Waals surface area contributed by atoms with Gasteiger partial charge in [-0.05, 0) is 64.0 Å². The Morgan fingerprint density at radius 3 is 2.46 bits per heavy atom. The number of rotatable bonds is 4. The smallest absolute Gasteiger partial charge is 0.294 e. The SMILES string of the molecule is COc1c(-c2ccc(Br)cc2)c2ccccc2n(Cc2cccc(I)c2)c1=O. The van der Waals surface area contributed by atoms with Crippen LogP contribution < -0.4 is 10.3 Å². The van der Waals surface area contributed by atoms with Gasteiger partial charge in [0.15, 0.2) is 5.75 Å². The van der Waals surface area contributed by atoms with Gasteiger partial charge in [0.25, 0.3) is 5.56 Å². The minimum absolute atomic E-state index is 0.127. The number of benzene rings is 3. The van der Waals surface area contributed by atoms with Gasteiger partial charge >= 0.3 is 0 Å². The number of aromatic nitrogens is 1. The molecule has 28 heavy (non-hydrogen) atoms. The van der Waals surface area contributed by atoms with E-state index in [1.807, 2.05) is 66.7 Å². The van der Waals surface area contributed by atoms with Crippen LogP contribution in [0.25, 0.3) is 22.0 Å². The normalized spacial score (nSPS) is 11.0. The molecule has 0 aliphatic rings. The second-order valence-corrected chi connectivity index (χ2v) is 8.61. The van der Waals surface area contributed by atoms with Crippen molar-refractivity contribution in [1.29, 1.82) is 0 Å². The molecule has 0 aliphatic heterocycles. The summed E-state index contributed by atoms with van der Waals surface area (Å²) in [4.78, 5) is 13.4. The Morgan fingerprint density at radius 1 is 1.00 bits per heavy atom. The number of methoxy groups -OCH3 is 1. The average Bonchev–Trinajstić information content (AvgIpc) is 2.70. The fraction of sp³-hybridized carbons (Fsp3) is 0.0870. The maximum atomic E-state index is 13.4. The molecule has 5 heteroatoms. The summed E-state index contributed by atoms with van der Waals surface area (Å²) in [7, 11) is 1.56. The van der Waals surface area contributed by atoms with E-state index in [2.05, 4.69) is 44.6 Å². The van der Waals surface area contributed by atoms with Crippen LogP contribution in [-0.2, 0) is 6.54 Å². The van der Waals surface area contributed by atoms with Crippen LogP contribution in [0.1, 0.15) is 5.56 Å². The van der Waals surface area contributed by atoms with Crippen LogP contribution in [0, 0.1) is 3.57 Å². The van der Waals surface area contributed by atoms with Crippen molar-refractivity contribution >= 4 is 49.4 Å². The molecule has 0 atom stereocenters. The van der Waals surface area contributed by atoms with Gasteiger partial charge in [0, 0.05) is 19.0 Å². The quantitative estimate of drug-likeness (QED) is 0.290. The summed E-state index contributed by atoms with van der Waals surface area (Å²) in [6.07, 6.45) is 0. The molecule has 1 aromatic heterocycles. The molecule has 0 saturated heterocycles. The number of ether oxygens (including phenoxy) is 1. The fourth-order valence-electron chi connectivity index (χ4n) is 3.45. The molecule has 0 bridgehead atoms. The van der Waals surface area contributed by atoms with Gasteiger partial charge in [-0.2, -0.15) is 0 Å². The van der Waals surface area contributed by atoms with Crippen molar-refractivity contribution in [3.8, 4) is 16.9 Å². The summed E-state index contributed by atoms with van der Waals surface area (Å²) in [5, 5.41) is 0.993. The van der Waals surface area contributed by atoms with Gasteiger partial charge in [-0.15, -0.1) is 0 Å². The van der Waals surface area contributed by atoms with Crippen molar-refractivity contribution in [2.24, 2.45) is 0 Å². The van der Waals surface area contributed by atoms with E-state index in [0.29, 0.717) is 12.3 Å².